The number of aromatic nitrogens is 4. The summed E-state index contributed by atoms with van der Waals surface area (Å²) in [6, 6.07) is 14.5. The third-order valence-electron chi connectivity index (χ3n) is 4.36. The summed E-state index contributed by atoms with van der Waals surface area (Å²) >= 11 is 12.1. The Morgan fingerprint density at radius 3 is 2.74 bits per heavy atom. The Labute approximate surface area is 162 Å². The summed E-state index contributed by atoms with van der Waals surface area (Å²) < 4.78 is 6.78. The van der Waals surface area contributed by atoms with Crippen molar-refractivity contribution in [3.05, 3.63) is 76.2 Å². The summed E-state index contributed by atoms with van der Waals surface area (Å²) in [5, 5.41) is 18.2. The van der Waals surface area contributed by atoms with E-state index in [0.29, 0.717) is 43.1 Å². The molecule has 8 heteroatoms. The van der Waals surface area contributed by atoms with Crippen LogP contribution in [0.4, 0.5) is 0 Å². The van der Waals surface area contributed by atoms with Gasteiger partial charge in [0.05, 0.1) is 27.3 Å². The molecule has 0 N–H and O–H groups in total. The van der Waals surface area contributed by atoms with Crippen LogP contribution < -0.4 is 4.85 Å². The molecule has 0 aliphatic rings. The van der Waals surface area contributed by atoms with E-state index in [1.165, 1.54) is 10.7 Å². The van der Waals surface area contributed by atoms with Crippen molar-refractivity contribution in [1.82, 2.24) is 14.7 Å². The highest BCUT2D eigenvalue weighted by Crippen LogP contribution is 2.31. The molecule has 3 heterocycles. The molecule has 0 bridgehead atoms. The summed E-state index contributed by atoms with van der Waals surface area (Å²) in [7, 11) is 0. The highest BCUT2D eigenvalue weighted by atomic mass is 35.5. The van der Waals surface area contributed by atoms with Gasteiger partial charge in [-0.25, -0.2) is 4.98 Å². The second-order valence-electron chi connectivity index (χ2n) is 5.98. The van der Waals surface area contributed by atoms with Crippen LogP contribution >= 0.6 is 23.2 Å². The lowest BCUT2D eigenvalue weighted by atomic mass is 10.1. The summed E-state index contributed by atoms with van der Waals surface area (Å²) in [6.45, 7) is 0. The van der Waals surface area contributed by atoms with Crippen LogP contribution in [0.15, 0.2) is 65.4 Å². The molecular weight excluding hydrogens is 387 g/mol. The van der Waals surface area contributed by atoms with Crippen LogP contribution in [0, 0.1) is 5.21 Å². The molecule has 0 radical (unpaired) electrons. The van der Waals surface area contributed by atoms with Crippen molar-refractivity contribution in [3.63, 3.8) is 0 Å². The molecule has 5 rings (SSSR count). The Balaban J connectivity index is 1.75. The van der Waals surface area contributed by atoms with Crippen molar-refractivity contribution in [2.45, 2.75) is 0 Å². The maximum absolute atomic E-state index is 12.3. The molecule has 6 nitrogen and oxygen atoms in total. The molecular formula is C19H10Cl2N4O2. The minimum atomic E-state index is 0.438. The zero-order valence-corrected chi connectivity index (χ0v) is 15.1. The van der Waals surface area contributed by atoms with Gasteiger partial charge in [0.25, 0.3) is 0 Å². The average Bonchev–Trinajstić information content (AvgIpc) is 3.25. The molecule has 27 heavy (non-hydrogen) atoms. The first-order chi connectivity index (χ1) is 13.1. The molecule has 0 saturated carbocycles. The Kier molecular flexibility index (Phi) is 3.56. The predicted molar refractivity (Wildman–Crippen MR) is 103 cm³/mol. The molecule has 0 unspecified atom stereocenters. The summed E-state index contributed by atoms with van der Waals surface area (Å²) in [6.07, 6.45) is 3.09. The van der Waals surface area contributed by atoms with Crippen LogP contribution in [0.3, 0.4) is 0 Å². The van der Waals surface area contributed by atoms with Crippen molar-refractivity contribution in [2.24, 2.45) is 0 Å². The summed E-state index contributed by atoms with van der Waals surface area (Å²) in [4.78, 5) is 5.37. The topological polar surface area (TPSA) is 70.3 Å². The number of benzene rings is 2. The largest absolute Gasteiger partial charge is 0.596 e. The molecule has 5 aromatic rings. The van der Waals surface area contributed by atoms with Crippen molar-refractivity contribution in [2.75, 3.05) is 0 Å². The molecule has 3 aromatic heterocycles. The fourth-order valence-electron chi connectivity index (χ4n) is 3.05. The first-order valence-corrected chi connectivity index (χ1v) is 8.79. The van der Waals surface area contributed by atoms with Gasteiger partial charge in [0, 0.05) is 5.56 Å². The molecule has 0 aliphatic carbocycles. The lowest BCUT2D eigenvalue weighted by Crippen LogP contribution is -2.31. The predicted octanol–water partition coefficient (Wildman–Crippen LogP) is 4.75. The Morgan fingerprint density at radius 2 is 1.89 bits per heavy atom. The maximum atomic E-state index is 12.3. The van der Waals surface area contributed by atoms with Crippen LogP contribution in [0.1, 0.15) is 0 Å². The minimum Gasteiger partial charge on any atom is -0.596 e. The van der Waals surface area contributed by atoms with E-state index in [2.05, 4.69) is 10.1 Å². The molecule has 0 saturated heterocycles. The van der Waals surface area contributed by atoms with Gasteiger partial charge in [-0.15, -0.1) is 0 Å². The fraction of sp³-hybridized carbons (Fsp3) is 0. The van der Waals surface area contributed by atoms with E-state index in [1.54, 1.807) is 24.4 Å². The van der Waals surface area contributed by atoms with Crippen LogP contribution in [-0.2, 0) is 0 Å². The number of halogens is 2. The highest BCUT2D eigenvalue weighted by Gasteiger charge is 2.21. The standard InChI is InChI=1S/C19H10Cl2N4O2/c20-14-6-5-11(9-15(14)21)16-7-8-24-19(22-16)13(10-25(24)26)18-12-3-1-2-4-17(12)27-23-18/h1-10H. The van der Waals surface area contributed by atoms with Crippen molar-refractivity contribution in [3.8, 4) is 22.5 Å². The summed E-state index contributed by atoms with van der Waals surface area (Å²) in [5.74, 6) is 0. The number of rotatable bonds is 2. The van der Waals surface area contributed by atoms with Gasteiger partial charge in [-0.2, -0.15) is 0 Å². The Bertz CT molecular complexity index is 1330. The molecule has 2 aromatic carbocycles. The van der Waals surface area contributed by atoms with E-state index in [1.807, 2.05) is 30.3 Å². The van der Waals surface area contributed by atoms with Crippen LogP contribution in [0.25, 0.3) is 39.1 Å². The molecule has 0 amide bonds. The maximum Gasteiger partial charge on any atom is 0.221 e. The zero-order valence-electron chi connectivity index (χ0n) is 13.6. The number of nitrogens with zero attached hydrogens (tertiary/aromatic N) is 4. The second-order valence-corrected chi connectivity index (χ2v) is 6.80. The number of hydrogen-bond donors (Lipinski definition) is 0. The van der Waals surface area contributed by atoms with E-state index < -0.39 is 0 Å². The van der Waals surface area contributed by atoms with E-state index >= 15 is 0 Å². The molecule has 0 aliphatic heterocycles. The third-order valence-corrected chi connectivity index (χ3v) is 5.10. The van der Waals surface area contributed by atoms with Crippen LogP contribution in [0.5, 0.6) is 0 Å². The van der Waals surface area contributed by atoms with Gasteiger partial charge in [0.1, 0.15) is 11.3 Å². The van der Waals surface area contributed by atoms with Crippen LogP contribution in [-0.4, -0.2) is 14.7 Å². The fourth-order valence-corrected chi connectivity index (χ4v) is 3.35. The third kappa shape index (κ3) is 2.53. The lowest BCUT2D eigenvalue weighted by Gasteiger charge is -2.03. The number of fused-ring (bicyclic) bond motifs is 2. The molecule has 0 spiro atoms. The normalized spacial score (nSPS) is 11.5. The van der Waals surface area contributed by atoms with Crippen molar-refractivity contribution < 1.29 is 9.37 Å². The summed E-state index contributed by atoms with van der Waals surface area (Å²) in [5.41, 5.74) is 3.71. The van der Waals surface area contributed by atoms with Gasteiger partial charge < -0.3 is 9.73 Å². The van der Waals surface area contributed by atoms with Gasteiger partial charge in [-0.3, -0.25) is 0 Å². The van der Waals surface area contributed by atoms with Gasteiger partial charge in [0.15, 0.2) is 5.58 Å². The minimum absolute atomic E-state index is 0.438. The van der Waals surface area contributed by atoms with Crippen molar-refractivity contribution in [1.29, 1.82) is 0 Å². The van der Waals surface area contributed by atoms with E-state index in [9.17, 15) is 5.21 Å². The van der Waals surface area contributed by atoms with Gasteiger partial charge in [0.2, 0.25) is 11.8 Å². The van der Waals surface area contributed by atoms with Gasteiger partial charge >= 0.3 is 0 Å². The van der Waals surface area contributed by atoms with Gasteiger partial charge in [-0.05, 0) is 30.3 Å². The zero-order chi connectivity index (χ0) is 18.5. The monoisotopic (exact) mass is 396 g/mol. The van der Waals surface area contributed by atoms with Crippen molar-refractivity contribution >= 4 is 39.8 Å². The van der Waals surface area contributed by atoms with E-state index in [-0.39, 0.29) is 0 Å². The average molecular weight is 397 g/mol. The number of para-hydroxylation sites is 1. The molecule has 132 valence electrons. The van der Waals surface area contributed by atoms with E-state index in [0.717, 1.165) is 10.9 Å². The first-order valence-electron chi connectivity index (χ1n) is 8.03. The quantitative estimate of drug-likeness (QED) is 0.318. The number of hydrogen-bond acceptors (Lipinski definition) is 4. The Morgan fingerprint density at radius 1 is 1.04 bits per heavy atom. The molecule has 0 fully saturated rings. The lowest BCUT2D eigenvalue weighted by molar-refractivity contribution is -0.676. The first kappa shape index (κ1) is 16.1. The SMILES string of the molecule is [O-][n+]1cc(-c2noc3ccccc23)c2nc(-c3ccc(Cl)c(Cl)c3)ccn21. The van der Waals surface area contributed by atoms with E-state index in [4.69, 9.17) is 27.7 Å². The second kappa shape index (κ2) is 5.97. The smallest absolute Gasteiger partial charge is 0.221 e. The molecule has 0 atom stereocenters. The van der Waals surface area contributed by atoms with Crippen LogP contribution in [0.2, 0.25) is 10.0 Å². The highest BCUT2D eigenvalue weighted by molar-refractivity contribution is 6.42. The Hall–Kier alpha value is -3.09. The van der Waals surface area contributed by atoms with Gasteiger partial charge in [-0.1, -0.05) is 55.9 Å².